The molecule has 3 rings (SSSR count). The van der Waals surface area contributed by atoms with Crippen LogP contribution in [-0.2, 0) is 4.79 Å². The van der Waals surface area contributed by atoms with Crippen molar-refractivity contribution < 1.29 is 9.59 Å². The zero-order chi connectivity index (χ0) is 15.7. The number of halogens is 1. The molecule has 5 nitrogen and oxygen atoms in total. The normalized spacial score (nSPS) is 26.8. The molecule has 1 spiro atoms. The molecule has 0 unspecified atom stereocenters. The van der Waals surface area contributed by atoms with E-state index in [1.165, 1.54) is 11.3 Å². The van der Waals surface area contributed by atoms with E-state index in [9.17, 15) is 9.59 Å². The molecule has 0 radical (unpaired) electrons. The summed E-state index contributed by atoms with van der Waals surface area (Å²) in [6, 6.07) is 3.55. The predicted octanol–water partition coefficient (Wildman–Crippen LogP) is 1.83. The molecule has 22 heavy (non-hydrogen) atoms. The van der Waals surface area contributed by atoms with Crippen LogP contribution in [0.5, 0.6) is 0 Å². The Morgan fingerprint density at radius 3 is 2.91 bits per heavy atom. The van der Waals surface area contributed by atoms with Crippen molar-refractivity contribution in [2.24, 2.45) is 0 Å². The Labute approximate surface area is 139 Å². The topological polar surface area (TPSA) is 52.6 Å². The highest BCUT2D eigenvalue weighted by molar-refractivity contribution is 7.17. The number of thiophene rings is 1. The summed E-state index contributed by atoms with van der Waals surface area (Å²) in [6.45, 7) is 2.90. The average molecular weight is 342 g/mol. The summed E-state index contributed by atoms with van der Waals surface area (Å²) in [5.41, 5.74) is -0.103. The van der Waals surface area contributed by atoms with Crippen LogP contribution in [0.3, 0.4) is 0 Å². The van der Waals surface area contributed by atoms with E-state index in [-0.39, 0.29) is 17.4 Å². The van der Waals surface area contributed by atoms with Gasteiger partial charge in [0, 0.05) is 38.1 Å². The number of carbonyl (C=O) groups excluding carboxylic acids is 2. The van der Waals surface area contributed by atoms with Gasteiger partial charge in [0.2, 0.25) is 5.91 Å². The minimum absolute atomic E-state index is 0.0490. The van der Waals surface area contributed by atoms with Crippen molar-refractivity contribution in [3.63, 3.8) is 0 Å². The minimum Gasteiger partial charge on any atom is -0.356 e. The maximum absolute atomic E-state index is 12.7. The molecule has 2 aliphatic rings. The lowest BCUT2D eigenvalue weighted by Gasteiger charge is -2.49. The maximum Gasteiger partial charge on any atom is 0.264 e. The Hall–Kier alpha value is -1.11. The summed E-state index contributed by atoms with van der Waals surface area (Å²) in [5.74, 6) is 0.159. The van der Waals surface area contributed by atoms with Crippen LogP contribution in [-0.4, -0.2) is 60.4 Å². The molecule has 2 amide bonds. The van der Waals surface area contributed by atoms with Crippen LogP contribution in [0.15, 0.2) is 12.1 Å². The van der Waals surface area contributed by atoms with Gasteiger partial charge in [0.1, 0.15) is 0 Å². The van der Waals surface area contributed by atoms with E-state index in [0.717, 1.165) is 19.4 Å². The lowest BCUT2D eigenvalue weighted by molar-refractivity contribution is -0.121. The van der Waals surface area contributed by atoms with E-state index in [2.05, 4.69) is 17.3 Å². The molecule has 0 aromatic carbocycles. The van der Waals surface area contributed by atoms with Gasteiger partial charge in [0.15, 0.2) is 0 Å². The van der Waals surface area contributed by atoms with Crippen molar-refractivity contribution in [3.8, 4) is 0 Å². The van der Waals surface area contributed by atoms with Crippen molar-refractivity contribution in [2.75, 3.05) is 33.2 Å². The van der Waals surface area contributed by atoms with E-state index >= 15 is 0 Å². The number of amides is 2. The molecule has 2 saturated heterocycles. The first-order chi connectivity index (χ1) is 10.5. The van der Waals surface area contributed by atoms with E-state index in [1.54, 1.807) is 12.1 Å². The van der Waals surface area contributed by atoms with Crippen LogP contribution in [0.2, 0.25) is 4.34 Å². The van der Waals surface area contributed by atoms with Gasteiger partial charge >= 0.3 is 0 Å². The van der Waals surface area contributed by atoms with Gasteiger partial charge in [-0.3, -0.25) is 14.5 Å². The second kappa shape index (κ2) is 6.18. The summed E-state index contributed by atoms with van der Waals surface area (Å²) in [4.78, 5) is 29.2. The molecule has 7 heteroatoms. The average Bonchev–Trinajstić information content (AvgIpc) is 2.84. The van der Waals surface area contributed by atoms with Crippen molar-refractivity contribution in [1.82, 2.24) is 15.1 Å². The largest absolute Gasteiger partial charge is 0.356 e. The van der Waals surface area contributed by atoms with E-state index in [1.807, 2.05) is 4.90 Å². The first-order valence-corrected chi connectivity index (χ1v) is 8.72. The summed E-state index contributed by atoms with van der Waals surface area (Å²) in [7, 11) is 2.10. The molecule has 3 heterocycles. The van der Waals surface area contributed by atoms with Gasteiger partial charge in [-0.25, -0.2) is 0 Å². The number of hydrogen-bond donors (Lipinski definition) is 1. The Kier molecular flexibility index (Phi) is 4.43. The molecule has 0 aliphatic carbocycles. The summed E-state index contributed by atoms with van der Waals surface area (Å²) in [6.07, 6.45) is 2.20. The molecule has 2 aliphatic heterocycles. The van der Waals surface area contributed by atoms with Gasteiger partial charge < -0.3 is 10.2 Å². The summed E-state index contributed by atoms with van der Waals surface area (Å²) in [5, 5.41) is 2.93. The van der Waals surface area contributed by atoms with Crippen LogP contribution in [0, 0.1) is 0 Å². The Balaban J connectivity index is 1.78. The lowest BCUT2D eigenvalue weighted by Crippen LogP contribution is -2.62. The molecule has 1 aromatic rings. The number of nitrogens with one attached hydrogen (secondary N) is 1. The monoisotopic (exact) mass is 341 g/mol. The number of rotatable bonds is 1. The first-order valence-electron chi connectivity index (χ1n) is 7.53. The maximum atomic E-state index is 12.7. The molecule has 1 N–H and O–H groups in total. The van der Waals surface area contributed by atoms with Gasteiger partial charge in [-0.2, -0.15) is 0 Å². The minimum atomic E-state index is -0.103. The highest BCUT2D eigenvalue weighted by Crippen LogP contribution is 2.32. The fraction of sp³-hybridized carbons (Fsp3) is 0.600. The number of nitrogens with zero attached hydrogens (tertiary/aromatic N) is 2. The summed E-state index contributed by atoms with van der Waals surface area (Å²) >= 11 is 7.26. The second-order valence-corrected chi connectivity index (χ2v) is 7.79. The van der Waals surface area contributed by atoms with Crippen LogP contribution >= 0.6 is 22.9 Å². The van der Waals surface area contributed by atoms with Gasteiger partial charge in [0.05, 0.1) is 9.21 Å². The zero-order valence-corrected chi connectivity index (χ0v) is 14.2. The standard InChI is InChI=1S/C15H20ClN3O2S/c1-18-8-9-19(14(21)11-2-3-12(16)22-11)10-15(18)5-4-13(20)17-7-6-15/h2-3H,4-10H2,1H3,(H,17,20)/t15-/m0/s1. The van der Waals surface area contributed by atoms with Gasteiger partial charge in [-0.1, -0.05) is 11.6 Å². The third kappa shape index (κ3) is 3.00. The van der Waals surface area contributed by atoms with E-state index < -0.39 is 0 Å². The fourth-order valence-corrected chi connectivity index (χ4v) is 4.37. The molecule has 0 bridgehead atoms. The van der Waals surface area contributed by atoms with Crippen LogP contribution in [0.1, 0.15) is 28.9 Å². The smallest absolute Gasteiger partial charge is 0.264 e. The number of hydrogen-bond acceptors (Lipinski definition) is 4. The Bertz CT molecular complexity index is 591. The number of carbonyl (C=O) groups is 2. The fourth-order valence-electron chi connectivity index (χ4n) is 3.36. The van der Waals surface area contributed by atoms with E-state index in [0.29, 0.717) is 35.3 Å². The number of piperazine rings is 1. The predicted molar refractivity (Wildman–Crippen MR) is 87.5 cm³/mol. The third-order valence-corrected chi connectivity index (χ3v) is 6.02. The van der Waals surface area contributed by atoms with Crippen LogP contribution in [0.25, 0.3) is 0 Å². The van der Waals surface area contributed by atoms with Gasteiger partial charge in [0.25, 0.3) is 5.91 Å². The van der Waals surface area contributed by atoms with Crippen molar-refractivity contribution in [3.05, 3.63) is 21.3 Å². The molecule has 2 fully saturated rings. The van der Waals surface area contributed by atoms with Crippen LogP contribution in [0.4, 0.5) is 0 Å². The van der Waals surface area contributed by atoms with E-state index in [4.69, 9.17) is 11.6 Å². The first kappa shape index (κ1) is 15.8. The Morgan fingerprint density at radius 1 is 1.36 bits per heavy atom. The Morgan fingerprint density at radius 2 is 2.18 bits per heavy atom. The summed E-state index contributed by atoms with van der Waals surface area (Å²) < 4.78 is 0.636. The second-order valence-electron chi connectivity index (χ2n) is 6.08. The molecular formula is C15H20ClN3O2S. The highest BCUT2D eigenvalue weighted by Gasteiger charge is 2.42. The molecule has 1 aromatic heterocycles. The van der Waals surface area contributed by atoms with Crippen molar-refractivity contribution >= 4 is 34.8 Å². The molecule has 1 atom stereocenters. The highest BCUT2D eigenvalue weighted by atomic mass is 35.5. The van der Waals surface area contributed by atoms with Crippen molar-refractivity contribution in [2.45, 2.75) is 24.8 Å². The zero-order valence-electron chi connectivity index (χ0n) is 12.6. The number of likely N-dealkylation sites (N-methyl/N-ethyl adjacent to an activating group) is 1. The quantitative estimate of drug-likeness (QED) is 0.848. The van der Waals surface area contributed by atoms with Gasteiger partial charge in [-0.05, 0) is 32.0 Å². The molecule has 0 saturated carbocycles. The molecular weight excluding hydrogens is 322 g/mol. The third-order valence-electron chi connectivity index (χ3n) is 4.80. The van der Waals surface area contributed by atoms with Crippen LogP contribution < -0.4 is 5.32 Å². The van der Waals surface area contributed by atoms with Crippen molar-refractivity contribution in [1.29, 1.82) is 0 Å². The van der Waals surface area contributed by atoms with Gasteiger partial charge in [-0.15, -0.1) is 11.3 Å². The SMILES string of the molecule is CN1CCN(C(=O)c2ccc(Cl)s2)C[C@]12CCNC(=O)CC2. The lowest BCUT2D eigenvalue weighted by atomic mass is 9.86. The molecule has 120 valence electrons.